The van der Waals surface area contributed by atoms with E-state index in [2.05, 4.69) is 50.3 Å². The van der Waals surface area contributed by atoms with Gasteiger partial charge in [0.05, 0.1) is 40.3 Å². The first kappa shape index (κ1) is 73.5. The lowest BCUT2D eigenvalue weighted by Gasteiger charge is -2.26. The van der Waals surface area contributed by atoms with Gasteiger partial charge in [0.25, 0.3) is 0 Å². The molecule has 0 heterocycles. The number of carboxylic acid groups (broad SMARTS) is 1. The van der Waals surface area contributed by atoms with Gasteiger partial charge in [-0.15, -0.1) is 0 Å². The molecule has 0 saturated heterocycles. The van der Waals surface area contributed by atoms with Crippen molar-refractivity contribution in [3.8, 4) is 0 Å². The number of carbonyl (C=O) groups is 3. The van der Waals surface area contributed by atoms with Crippen molar-refractivity contribution in [2.75, 3.05) is 47.5 Å². The number of quaternary nitrogens is 1. The van der Waals surface area contributed by atoms with Crippen LogP contribution in [-0.2, 0) is 33.3 Å². The van der Waals surface area contributed by atoms with Crippen molar-refractivity contribution in [1.82, 2.24) is 0 Å². The Morgan fingerprint density at radius 1 is 0.395 bits per heavy atom. The third-order valence-corrected chi connectivity index (χ3v) is 14.6. The SMILES string of the molecule is CCCC/C=C\C/C=C\CCCCCCCC(=O)OC(COC(=O)CCCCCCCCCCCCCCCCCCCCCCCCCCC/C=C\CCCCCCCCCC)COC(OCC[N+](C)(C)C)C(=O)[O-]. The van der Waals surface area contributed by atoms with Crippen molar-refractivity contribution in [1.29, 1.82) is 0 Å². The Kier molecular flexibility index (Phi) is 56.7. The number of aliphatic carboxylic acids is 1. The number of esters is 2. The zero-order chi connectivity index (χ0) is 55.5. The molecule has 446 valence electrons. The molecule has 0 aliphatic rings. The molecule has 0 aliphatic carbocycles. The van der Waals surface area contributed by atoms with Gasteiger partial charge in [-0.25, -0.2) is 0 Å². The first-order valence-corrected chi connectivity index (χ1v) is 32.6. The number of carbonyl (C=O) groups excluding carboxylic acids is 3. The molecule has 0 aromatic carbocycles. The minimum atomic E-state index is -1.62. The fraction of sp³-hybridized carbons (Fsp3) is 0.866. The Labute approximate surface area is 470 Å². The van der Waals surface area contributed by atoms with Crippen LogP contribution in [0.3, 0.4) is 0 Å². The summed E-state index contributed by atoms with van der Waals surface area (Å²) in [5, 5.41) is 11.8. The normalized spacial score (nSPS) is 12.9. The fourth-order valence-corrected chi connectivity index (χ4v) is 9.55. The average molecular weight is 1070 g/mol. The molecule has 0 aliphatic heterocycles. The standard InChI is InChI=1S/C67H125NO8/c1-6-8-10-12-14-16-18-20-22-23-24-25-26-27-28-29-30-31-32-33-34-35-36-37-38-39-40-41-42-43-44-46-47-49-51-53-55-57-64(69)74-61-63(62-75-67(66(71)72)73-60-59-68(3,4)5)76-65(70)58-56-54-52-50-48-45-21-19-17-15-13-11-9-7-2/h13,15,19,21,23-24,63,67H,6-12,14,16-18,20,22,25-62H2,1-5H3/b15-13-,21-19-,24-23-. The number of rotatable bonds is 61. The van der Waals surface area contributed by atoms with Gasteiger partial charge in [0.2, 0.25) is 0 Å². The number of carboxylic acids is 1. The van der Waals surface area contributed by atoms with Crippen LogP contribution in [0.15, 0.2) is 36.5 Å². The van der Waals surface area contributed by atoms with Gasteiger partial charge in [0.15, 0.2) is 12.4 Å². The van der Waals surface area contributed by atoms with Crippen LogP contribution in [-0.4, -0.2) is 82.3 Å². The minimum absolute atomic E-state index is 0.146. The Bertz CT molecular complexity index is 1340. The monoisotopic (exact) mass is 1070 g/mol. The summed E-state index contributed by atoms with van der Waals surface area (Å²) in [7, 11) is 5.92. The van der Waals surface area contributed by atoms with Crippen LogP contribution in [0, 0.1) is 0 Å². The number of hydrogen-bond donors (Lipinski definition) is 0. The Morgan fingerprint density at radius 2 is 0.724 bits per heavy atom. The minimum Gasteiger partial charge on any atom is -0.545 e. The molecule has 0 fully saturated rings. The summed E-state index contributed by atoms with van der Waals surface area (Å²) in [6.45, 7) is 4.72. The first-order valence-electron chi connectivity index (χ1n) is 32.6. The quantitative estimate of drug-likeness (QED) is 0.0195. The fourth-order valence-electron chi connectivity index (χ4n) is 9.55. The Hall–Kier alpha value is -2.49. The van der Waals surface area contributed by atoms with Crippen molar-refractivity contribution in [3.63, 3.8) is 0 Å². The van der Waals surface area contributed by atoms with Gasteiger partial charge in [0.1, 0.15) is 13.2 Å². The van der Waals surface area contributed by atoms with Gasteiger partial charge < -0.3 is 33.3 Å². The highest BCUT2D eigenvalue weighted by Crippen LogP contribution is 2.18. The van der Waals surface area contributed by atoms with E-state index in [0.29, 0.717) is 23.9 Å². The highest BCUT2D eigenvalue weighted by Gasteiger charge is 2.22. The molecule has 0 aromatic rings. The number of hydrogen-bond acceptors (Lipinski definition) is 8. The number of unbranched alkanes of at least 4 members (excludes halogenated alkanes) is 40. The zero-order valence-corrected chi connectivity index (χ0v) is 50.9. The summed E-state index contributed by atoms with van der Waals surface area (Å²) in [6, 6.07) is 0. The van der Waals surface area contributed by atoms with Gasteiger partial charge >= 0.3 is 11.9 Å². The van der Waals surface area contributed by atoms with Crippen LogP contribution in [0.4, 0.5) is 0 Å². The van der Waals surface area contributed by atoms with Gasteiger partial charge in [-0.1, -0.05) is 275 Å². The Morgan fingerprint density at radius 3 is 1.09 bits per heavy atom. The molecular weight excluding hydrogens is 947 g/mol. The maximum Gasteiger partial charge on any atom is 0.306 e. The van der Waals surface area contributed by atoms with Gasteiger partial charge in [-0.2, -0.15) is 0 Å². The highest BCUT2D eigenvalue weighted by molar-refractivity contribution is 5.70. The van der Waals surface area contributed by atoms with Crippen LogP contribution in [0.2, 0.25) is 0 Å². The van der Waals surface area contributed by atoms with Crippen LogP contribution in [0.1, 0.15) is 316 Å². The van der Waals surface area contributed by atoms with Crippen molar-refractivity contribution < 1.29 is 42.9 Å². The summed E-state index contributed by atoms with van der Waals surface area (Å²) in [6.07, 6.45) is 69.6. The molecule has 9 nitrogen and oxygen atoms in total. The van der Waals surface area contributed by atoms with E-state index >= 15 is 0 Å². The van der Waals surface area contributed by atoms with E-state index in [4.69, 9.17) is 18.9 Å². The maximum atomic E-state index is 12.8. The first-order chi connectivity index (χ1) is 37.1. The van der Waals surface area contributed by atoms with Crippen LogP contribution >= 0.6 is 0 Å². The molecule has 0 N–H and O–H groups in total. The molecule has 2 atom stereocenters. The molecule has 0 spiro atoms. The van der Waals surface area contributed by atoms with E-state index in [0.717, 1.165) is 64.2 Å². The van der Waals surface area contributed by atoms with E-state index in [1.807, 2.05) is 21.1 Å². The lowest BCUT2D eigenvalue weighted by molar-refractivity contribution is -0.870. The van der Waals surface area contributed by atoms with E-state index < -0.39 is 24.3 Å². The van der Waals surface area contributed by atoms with Crippen molar-refractivity contribution >= 4 is 17.9 Å². The molecular formula is C67H125NO8. The van der Waals surface area contributed by atoms with Gasteiger partial charge in [-0.3, -0.25) is 9.59 Å². The topological polar surface area (TPSA) is 111 Å². The van der Waals surface area contributed by atoms with Gasteiger partial charge in [-0.05, 0) is 64.2 Å². The average Bonchev–Trinajstić information content (AvgIpc) is 3.39. The summed E-state index contributed by atoms with van der Waals surface area (Å²) in [4.78, 5) is 37.3. The molecule has 0 aromatic heterocycles. The van der Waals surface area contributed by atoms with E-state index in [1.54, 1.807) is 0 Å². The van der Waals surface area contributed by atoms with Crippen LogP contribution < -0.4 is 5.11 Å². The summed E-state index contributed by atoms with van der Waals surface area (Å²) in [5.41, 5.74) is 0. The highest BCUT2D eigenvalue weighted by atomic mass is 16.7. The molecule has 9 heteroatoms. The smallest absolute Gasteiger partial charge is 0.306 e. The molecule has 0 rings (SSSR count). The van der Waals surface area contributed by atoms with E-state index in [-0.39, 0.29) is 32.2 Å². The van der Waals surface area contributed by atoms with E-state index in [9.17, 15) is 19.5 Å². The second-order valence-electron chi connectivity index (χ2n) is 23.4. The number of ether oxygens (including phenoxy) is 4. The second-order valence-corrected chi connectivity index (χ2v) is 23.4. The largest absolute Gasteiger partial charge is 0.545 e. The molecule has 0 saturated carbocycles. The number of likely N-dealkylation sites (N-methyl/N-ethyl adjacent to an activating group) is 1. The molecule has 0 amide bonds. The lowest BCUT2D eigenvalue weighted by atomic mass is 10.0. The summed E-state index contributed by atoms with van der Waals surface area (Å²) in [5.74, 6) is -2.29. The second kappa shape index (κ2) is 58.7. The number of nitrogens with zero attached hydrogens (tertiary/aromatic N) is 1. The third kappa shape index (κ3) is 59.2. The van der Waals surface area contributed by atoms with Gasteiger partial charge in [0, 0.05) is 12.8 Å². The molecule has 0 bridgehead atoms. The van der Waals surface area contributed by atoms with Crippen LogP contribution in [0.25, 0.3) is 0 Å². The predicted molar refractivity (Wildman–Crippen MR) is 320 cm³/mol. The Balaban J connectivity index is 3.93. The predicted octanol–water partition coefficient (Wildman–Crippen LogP) is 18.3. The molecule has 2 unspecified atom stereocenters. The zero-order valence-electron chi connectivity index (χ0n) is 50.9. The number of allylic oxidation sites excluding steroid dienone is 6. The maximum absolute atomic E-state index is 12.8. The van der Waals surface area contributed by atoms with E-state index in [1.165, 1.54) is 218 Å². The summed E-state index contributed by atoms with van der Waals surface area (Å²) >= 11 is 0. The molecule has 76 heavy (non-hydrogen) atoms. The van der Waals surface area contributed by atoms with Crippen LogP contribution in [0.5, 0.6) is 0 Å². The van der Waals surface area contributed by atoms with Crippen molar-refractivity contribution in [2.24, 2.45) is 0 Å². The molecule has 0 radical (unpaired) electrons. The summed E-state index contributed by atoms with van der Waals surface area (Å²) < 4.78 is 22.7. The lowest BCUT2D eigenvalue weighted by Crippen LogP contribution is -2.44. The van der Waals surface area contributed by atoms with Crippen molar-refractivity contribution in [2.45, 2.75) is 328 Å². The third-order valence-electron chi connectivity index (χ3n) is 14.6. The van der Waals surface area contributed by atoms with Crippen molar-refractivity contribution in [3.05, 3.63) is 36.5 Å².